The molecule has 1 saturated carbocycles. The molecule has 0 unspecified atom stereocenters. The third-order valence-corrected chi connectivity index (χ3v) is 9.55. The highest BCUT2D eigenvalue weighted by Gasteiger charge is 2.59. The molecule has 1 spiro atoms. The van der Waals surface area contributed by atoms with Crippen molar-refractivity contribution in [3.8, 4) is 278 Å². The molecule has 2 aliphatic rings. The summed E-state index contributed by atoms with van der Waals surface area (Å²) < 4.78 is 40.7. The average Bonchev–Trinajstić information content (AvgIpc) is 3.87. The number of alkyl halides is 3. The molecule has 3 aromatic rings. The number of carbonyl (C=O) groups excluding carboxylic acids is 1. The lowest BCUT2D eigenvalue weighted by molar-refractivity contribution is -0.137. The molecule has 2 fully saturated rings. The normalized spacial score (nSPS) is 9.50. The zero-order chi connectivity index (χ0) is 57.2. The number of amides is 1. The smallest absolute Gasteiger partial charge is 0.303 e. The number of halogens is 3. The minimum Gasteiger partial charge on any atom is -0.303 e. The second-order valence-corrected chi connectivity index (χ2v) is 14.2. The van der Waals surface area contributed by atoms with Gasteiger partial charge in [-0.3, -0.25) is 9.69 Å². The monoisotopic (exact) mass is 1030 g/mol. The Morgan fingerprint density at radius 1 is 0.487 bits per heavy atom. The van der Waals surface area contributed by atoms with E-state index in [1.54, 1.807) is 11.0 Å². The first-order valence-electron chi connectivity index (χ1n) is 22.0. The molecule has 80 heavy (non-hydrogen) atoms. The summed E-state index contributed by atoms with van der Waals surface area (Å²) in [4.78, 5) is 19.5. The van der Waals surface area contributed by atoms with Crippen molar-refractivity contribution in [2.45, 2.75) is 31.0 Å². The third kappa shape index (κ3) is 20.3. The number of anilines is 2. The van der Waals surface area contributed by atoms with Gasteiger partial charge < -0.3 is 4.90 Å². The van der Waals surface area contributed by atoms with Crippen molar-refractivity contribution < 1.29 is 18.0 Å². The molecule has 0 aromatic heterocycles. The van der Waals surface area contributed by atoms with E-state index in [1.807, 2.05) is 54.6 Å². The number of hydrogen-bond acceptors (Lipinski definition) is 3. The molecule has 0 bridgehead atoms. The van der Waals surface area contributed by atoms with Crippen LogP contribution in [0.2, 0.25) is 0 Å². The first kappa shape index (κ1) is 58.7. The highest BCUT2D eigenvalue weighted by Crippen LogP contribution is 2.49. The quantitative estimate of drug-likeness (QED) is 0.159. The number of nitriles is 1. The summed E-state index contributed by atoms with van der Waals surface area (Å²) in [6.45, 7) is 7.06. The number of thiocarbonyl (C=S) groups is 1. The fourth-order valence-electron chi connectivity index (χ4n) is 5.94. The van der Waals surface area contributed by atoms with Crippen LogP contribution in [-0.4, -0.2) is 16.6 Å². The van der Waals surface area contributed by atoms with Crippen molar-refractivity contribution in [2.24, 2.45) is 0 Å². The van der Waals surface area contributed by atoms with Crippen molar-refractivity contribution >= 4 is 40.3 Å². The van der Waals surface area contributed by atoms with E-state index in [0.29, 0.717) is 18.5 Å². The summed E-state index contributed by atoms with van der Waals surface area (Å²) in [5, 5.41) is 8.32. The molecule has 1 amide bonds. The molecule has 0 N–H and O–H groups in total. The molecule has 356 valence electrons. The molecular formula is C71H19F3N4OS. The maximum atomic E-state index is 13.6. The minimum absolute atomic E-state index is 0.0180. The Labute approximate surface area is 469 Å². The summed E-state index contributed by atoms with van der Waals surface area (Å²) >= 11 is 5.67. The van der Waals surface area contributed by atoms with Gasteiger partial charge in [0.2, 0.25) is 0 Å². The van der Waals surface area contributed by atoms with Crippen LogP contribution in [0.3, 0.4) is 0 Å². The average molecular weight is 1030 g/mol. The standard InChI is InChI=1S/C45HN.C26H18F3N3OS/c1-2-3-4-5-6-7-8-9-10-11-12-13-14-15-16-17-18-19-20-21-22-23-24-25-26-27-28-29-30-31-32-33-34-35-36-37-38-39-40-41-42-43-44-45-46;1-30-22-13-12-20(16-21(22)26(27,28)29)31-23(33)25(14-5-15-25)32(24(31)34)19-10-8-18(9-11-19)17-6-3-2-4-7-17/h1H;2-4,6-13,16H,5,14-15H2. The van der Waals surface area contributed by atoms with Crippen LogP contribution in [0.5, 0.6) is 0 Å². The van der Waals surface area contributed by atoms with E-state index in [9.17, 15) is 18.0 Å². The second kappa shape index (κ2) is 34.5. The first-order valence-corrected chi connectivity index (χ1v) is 22.4. The van der Waals surface area contributed by atoms with Crippen LogP contribution in [0.4, 0.5) is 30.2 Å². The maximum absolute atomic E-state index is 13.6. The summed E-state index contributed by atoms with van der Waals surface area (Å²) in [6.07, 6.45) is 2.17. The Hall–Kier alpha value is -13.9. The molecule has 9 heteroatoms. The zero-order valence-corrected chi connectivity index (χ0v) is 41.7. The molecular weight excluding hydrogens is 1010 g/mol. The van der Waals surface area contributed by atoms with E-state index in [2.05, 4.69) is 259 Å². The molecule has 1 aliphatic carbocycles. The van der Waals surface area contributed by atoms with Crippen molar-refractivity contribution in [3.05, 3.63) is 89.8 Å². The molecule has 1 heterocycles. The third-order valence-electron chi connectivity index (χ3n) is 9.18. The Balaban J connectivity index is 0.000000357. The van der Waals surface area contributed by atoms with E-state index >= 15 is 0 Å². The number of hydrogen-bond donors (Lipinski definition) is 0. The van der Waals surface area contributed by atoms with Crippen LogP contribution in [0.25, 0.3) is 16.0 Å². The van der Waals surface area contributed by atoms with Crippen LogP contribution in [-0.2, 0) is 11.0 Å². The topological polar surface area (TPSA) is 51.7 Å². The Morgan fingerprint density at radius 2 is 0.812 bits per heavy atom. The zero-order valence-electron chi connectivity index (χ0n) is 40.9. The lowest BCUT2D eigenvalue weighted by atomic mass is 9.75. The van der Waals surface area contributed by atoms with E-state index in [0.717, 1.165) is 29.7 Å². The van der Waals surface area contributed by atoms with Crippen molar-refractivity contribution in [3.63, 3.8) is 0 Å². The number of rotatable bonds is 3. The summed E-state index contributed by atoms with van der Waals surface area (Å²) in [7, 11) is 0. The van der Waals surface area contributed by atoms with Gasteiger partial charge >= 0.3 is 6.18 Å². The Kier molecular flexibility index (Phi) is 25.3. The van der Waals surface area contributed by atoms with Gasteiger partial charge in [0.15, 0.2) is 16.9 Å². The van der Waals surface area contributed by atoms with Crippen LogP contribution in [0, 0.1) is 279 Å². The fourth-order valence-corrected chi connectivity index (χ4v) is 6.41. The predicted molar refractivity (Wildman–Crippen MR) is 306 cm³/mol. The van der Waals surface area contributed by atoms with E-state index in [4.69, 9.17) is 30.5 Å². The van der Waals surface area contributed by atoms with Crippen LogP contribution >= 0.6 is 12.2 Å². The Morgan fingerprint density at radius 3 is 1.11 bits per heavy atom. The van der Waals surface area contributed by atoms with Gasteiger partial charge in [-0.1, -0.05) is 48.5 Å². The largest absolute Gasteiger partial charge is 0.407 e. The van der Waals surface area contributed by atoms with Gasteiger partial charge in [-0.25, -0.2) is 4.85 Å². The number of benzene rings is 3. The number of terminal acetylenes is 1. The van der Waals surface area contributed by atoms with Gasteiger partial charge in [0, 0.05) is 219 Å². The van der Waals surface area contributed by atoms with Crippen molar-refractivity contribution in [2.75, 3.05) is 9.80 Å². The van der Waals surface area contributed by atoms with Gasteiger partial charge in [0.1, 0.15) is 5.54 Å². The molecule has 0 atom stereocenters. The lowest BCUT2D eigenvalue weighted by Crippen LogP contribution is -2.55. The highest BCUT2D eigenvalue weighted by molar-refractivity contribution is 7.81. The van der Waals surface area contributed by atoms with Gasteiger partial charge in [-0.2, -0.15) is 18.4 Å². The lowest BCUT2D eigenvalue weighted by Gasteiger charge is -2.43. The molecule has 0 radical (unpaired) electrons. The van der Waals surface area contributed by atoms with Gasteiger partial charge in [0.05, 0.1) is 12.1 Å². The summed E-state index contributed by atoms with van der Waals surface area (Å²) in [6, 6.07) is 22.4. The van der Waals surface area contributed by atoms with E-state index in [-0.39, 0.29) is 16.7 Å². The molecule has 5 rings (SSSR count). The minimum atomic E-state index is -4.72. The van der Waals surface area contributed by atoms with Gasteiger partial charge in [0.25, 0.3) is 5.91 Å². The number of nitrogens with zero attached hydrogens (tertiary/aromatic N) is 4. The summed E-state index contributed by atoms with van der Waals surface area (Å²) in [5.41, 5.74) is 0.295. The summed E-state index contributed by atoms with van der Waals surface area (Å²) in [5.74, 6) is 105. The first-order chi connectivity index (χ1) is 39.2. The fraction of sp³-hybridized carbons (Fsp3) is 0.0704. The highest BCUT2D eigenvalue weighted by atomic mass is 32.1. The maximum Gasteiger partial charge on any atom is 0.407 e. The van der Waals surface area contributed by atoms with Crippen LogP contribution < -0.4 is 9.80 Å². The van der Waals surface area contributed by atoms with E-state index < -0.39 is 23.0 Å². The van der Waals surface area contributed by atoms with Crippen LogP contribution in [0.1, 0.15) is 24.8 Å². The Bertz CT molecular complexity index is 4470. The van der Waals surface area contributed by atoms with Crippen molar-refractivity contribution in [1.82, 2.24) is 0 Å². The molecule has 1 saturated heterocycles. The van der Waals surface area contributed by atoms with E-state index in [1.165, 1.54) is 11.0 Å². The van der Waals surface area contributed by atoms with Gasteiger partial charge in [-0.05, 0) is 114 Å². The SMILES string of the molecule is C#CC#CC#CC#CC#CC#CC#CC#CC#CC#CC#CC#CC#CC#CC#CC#CC#CC#CC#CC#CC#CC#CC#N.[C-]#[N+]c1ccc(N2C(=O)C3(CCC3)N(c3ccc(-c4ccccc4)cc3)C2=S)cc1C(F)(F)F. The van der Waals surface area contributed by atoms with Crippen LogP contribution in [0.15, 0.2) is 72.8 Å². The molecule has 5 nitrogen and oxygen atoms in total. The number of carbonyl (C=O) groups is 1. The second-order valence-electron chi connectivity index (χ2n) is 13.9. The van der Waals surface area contributed by atoms with Crippen molar-refractivity contribution in [1.29, 1.82) is 5.26 Å². The molecule has 3 aromatic carbocycles. The van der Waals surface area contributed by atoms with Gasteiger partial charge in [-0.15, -0.1) is 6.42 Å². The predicted octanol–water partition coefficient (Wildman–Crippen LogP) is 7.20. The molecule has 1 aliphatic heterocycles.